The Morgan fingerprint density at radius 3 is 2.71 bits per heavy atom. The topological polar surface area (TPSA) is 67.4 Å². The van der Waals surface area contributed by atoms with Crippen molar-refractivity contribution >= 4 is 17.5 Å². The molecular formula is C19H20N2O3. The molecule has 1 aliphatic rings. The molecule has 0 spiro atoms. The van der Waals surface area contributed by atoms with E-state index in [-0.39, 0.29) is 11.8 Å². The molecule has 5 nitrogen and oxygen atoms in total. The van der Waals surface area contributed by atoms with E-state index in [9.17, 15) is 9.59 Å². The zero-order chi connectivity index (χ0) is 17.1. The van der Waals surface area contributed by atoms with Crippen molar-refractivity contribution in [2.45, 2.75) is 26.4 Å². The molecule has 0 saturated heterocycles. The van der Waals surface area contributed by atoms with Gasteiger partial charge in [0, 0.05) is 12.1 Å². The van der Waals surface area contributed by atoms with Crippen LogP contribution in [0.5, 0.6) is 5.75 Å². The maximum absolute atomic E-state index is 12.1. The number of hydrogen-bond donors (Lipinski definition) is 2. The van der Waals surface area contributed by atoms with E-state index in [0.717, 1.165) is 11.1 Å². The Labute approximate surface area is 141 Å². The highest BCUT2D eigenvalue weighted by Gasteiger charge is 2.23. The summed E-state index contributed by atoms with van der Waals surface area (Å²) < 4.78 is 5.53. The lowest BCUT2D eigenvalue weighted by Gasteiger charge is -2.23. The smallest absolute Gasteiger partial charge is 0.265 e. The van der Waals surface area contributed by atoms with E-state index in [1.54, 1.807) is 6.92 Å². The standard InChI is InChI=1S/C19H20N2O3/c1-12-3-6-15(7-4-12)19(23)20-10-9-14-5-8-17-16(11-14)21-18(22)13(2)24-17/h3-8,11,13H,9-10H2,1-2H3,(H,20,23)(H,21,22). The summed E-state index contributed by atoms with van der Waals surface area (Å²) in [6, 6.07) is 13.2. The fraction of sp³-hybridized carbons (Fsp3) is 0.263. The lowest BCUT2D eigenvalue weighted by Crippen LogP contribution is -2.34. The molecule has 24 heavy (non-hydrogen) atoms. The number of rotatable bonds is 4. The van der Waals surface area contributed by atoms with Crippen LogP contribution in [0.25, 0.3) is 0 Å². The van der Waals surface area contributed by atoms with Crippen molar-refractivity contribution in [3.05, 3.63) is 59.2 Å². The number of ether oxygens (including phenoxy) is 1. The number of anilines is 1. The van der Waals surface area contributed by atoms with Gasteiger partial charge in [-0.05, 0) is 50.1 Å². The number of fused-ring (bicyclic) bond motifs is 1. The van der Waals surface area contributed by atoms with E-state index in [4.69, 9.17) is 4.74 Å². The Morgan fingerprint density at radius 2 is 1.96 bits per heavy atom. The molecular weight excluding hydrogens is 304 g/mol. The number of carbonyl (C=O) groups is 2. The number of aryl methyl sites for hydroxylation is 1. The lowest BCUT2D eigenvalue weighted by molar-refractivity contribution is -0.122. The van der Waals surface area contributed by atoms with Gasteiger partial charge in [0.25, 0.3) is 11.8 Å². The third-order valence-corrected chi connectivity index (χ3v) is 3.99. The van der Waals surface area contributed by atoms with Gasteiger partial charge in [-0.2, -0.15) is 0 Å². The van der Waals surface area contributed by atoms with E-state index in [2.05, 4.69) is 10.6 Å². The Morgan fingerprint density at radius 1 is 1.21 bits per heavy atom. The minimum atomic E-state index is -0.475. The molecule has 0 bridgehead atoms. The van der Waals surface area contributed by atoms with Crippen molar-refractivity contribution in [3.63, 3.8) is 0 Å². The fourth-order valence-electron chi connectivity index (χ4n) is 2.54. The summed E-state index contributed by atoms with van der Waals surface area (Å²) in [6.45, 7) is 4.23. The van der Waals surface area contributed by atoms with Crippen molar-refractivity contribution < 1.29 is 14.3 Å². The number of nitrogens with one attached hydrogen (secondary N) is 2. The summed E-state index contributed by atoms with van der Waals surface area (Å²) in [5, 5.41) is 5.73. The van der Waals surface area contributed by atoms with Crippen LogP contribution in [0.15, 0.2) is 42.5 Å². The zero-order valence-corrected chi connectivity index (χ0v) is 13.8. The zero-order valence-electron chi connectivity index (χ0n) is 13.8. The molecule has 2 N–H and O–H groups in total. The summed E-state index contributed by atoms with van der Waals surface area (Å²) in [4.78, 5) is 23.7. The Bertz CT molecular complexity index is 769. The first-order chi connectivity index (χ1) is 11.5. The van der Waals surface area contributed by atoms with Crippen LogP contribution >= 0.6 is 0 Å². The Hall–Kier alpha value is -2.82. The number of benzene rings is 2. The monoisotopic (exact) mass is 324 g/mol. The van der Waals surface area contributed by atoms with Crippen LogP contribution in [0.4, 0.5) is 5.69 Å². The SMILES string of the molecule is Cc1ccc(C(=O)NCCc2ccc3c(c2)NC(=O)C(C)O3)cc1. The first-order valence-electron chi connectivity index (χ1n) is 7.98. The molecule has 1 unspecified atom stereocenters. The van der Waals surface area contributed by atoms with Crippen molar-refractivity contribution in [1.29, 1.82) is 0 Å². The molecule has 2 aromatic rings. The lowest BCUT2D eigenvalue weighted by atomic mass is 10.1. The molecule has 1 aliphatic heterocycles. The largest absolute Gasteiger partial charge is 0.479 e. The molecule has 3 rings (SSSR count). The van der Waals surface area contributed by atoms with Crippen molar-refractivity contribution in [2.24, 2.45) is 0 Å². The summed E-state index contributed by atoms with van der Waals surface area (Å²) in [5.74, 6) is 0.445. The summed E-state index contributed by atoms with van der Waals surface area (Å²) in [6.07, 6.45) is 0.202. The van der Waals surface area contributed by atoms with Crippen molar-refractivity contribution in [3.8, 4) is 5.75 Å². The van der Waals surface area contributed by atoms with Gasteiger partial charge in [-0.1, -0.05) is 23.8 Å². The Kier molecular flexibility index (Phi) is 4.51. The normalized spacial score (nSPS) is 15.9. The van der Waals surface area contributed by atoms with Crippen LogP contribution in [-0.2, 0) is 11.2 Å². The predicted octanol–water partition coefficient (Wildman–Crippen LogP) is 2.69. The van der Waals surface area contributed by atoms with Crippen molar-refractivity contribution in [1.82, 2.24) is 5.32 Å². The second kappa shape index (κ2) is 6.74. The molecule has 5 heteroatoms. The minimum Gasteiger partial charge on any atom is -0.479 e. The summed E-state index contributed by atoms with van der Waals surface area (Å²) >= 11 is 0. The van der Waals surface area contributed by atoms with Gasteiger partial charge in [-0.15, -0.1) is 0 Å². The average Bonchev–Trinajstić information content (AvgIpc) is 2.56. The van der Waals surface area contributed by atoms with Gasteiger partial charge in [0.1, 0.15) is 5.75 Å². The van der Waals surface area contributed by atoms with Gasteiger partial charge >= 0.3 is 0 Å². The van der Waals surface area contributed by atoms with Crippen LogP contribution in [0.1, 0.15) is 28.4 Å². The first kappa shape index (κ1) is 16.1. The highest BCUT2D eigenvalue weighted by molar-refractivity contribution is 5.97. The van der Waals surface area contributed by atoms with Gasteiger partial charge in [0.2, 0.25) is 0 Å². The second-order valence-corrected chi connectivity index (χ2v) is 5.95. The minimum absolute atomic E-state index is 0.0848. The van der Waals surface area contributed by atoms with Gasteiger partial charge in [0.15, 0.2) is 6.10 Å². The molecule has 2 amide bonds. The Balaban J connectivity index is 1.57. The summed E-state index contributed by atoms with van der Waals surface area (Å²) in [7, 11) is 0. The summed E-state index contributed by atoms with van der Waals surface area (Å²) in [5.41, 5.74) is 3.48. The van der Waals surface area contributed by atoms with Crippen LogP contribution in [-0.4, -0.2) is 24.5 Å². The molecule has 1 atom stereocenters. The van der Waals surface area contributed by atoms with E-state index < -0.39 is 6.10 Å². The average molecular weight is 324 g/mol. The van der Waals surface area contributed by atoms with Gasteiger partial charge in [-0.3, -0.25) is 9.59 Å². The maximum atomic E-state index is 12.1. The molecule has 2 aromatic carbocycles. The van der Waals surface area contributed by atoms with Crippen LogP contribution < -0.4 is 15.4 Å². The predicted molar refractivity (Wildman–Crippen MR) is 92.4 cm³/mol. The molecule has 1 heterocycles. The molecule has 0 fully saturated rings. The van der Waals surface area contributed by atoms with Gasteiger partial charge in [0.05, 0.1) is 5.69 Å². The van der Waals surface area contributed by atoms with E-state index in [1.807, 2.05) is 49.4 Å². The third-order valence-electron chi connectivity index (χ3n) is 3.99. The van der Waals surface area contributed by atoms with Crippen LogP contribution in [0.3, 0.4) is 0 Å². The fourth-order valence-corrected chi connectivity index (χ4v) is 2.54. The number of amides is 2. The third kappa shape index (κ3) is 3.56. The second-order valence-electron chi connectivity index (χ2n) is 5.95. The molecule has 0 aliphatic carbocycles. The van der Waals surface area contributed by atoms with E-state index in [0.29, 0.717) is 30.0 Å². The molecule has 0 radical (unpaired) electrons. The van der Waals surface area contributed by atoms with E-state index in [1.165, 1.54) is 0 Å². The molecule has 124 valence electrons. The van der Waals surface area contributed by atoms with Gasteiger partial charge < -0.3 is 15.4 Å². The van der Waals surface area contributed by atoms with E-state index >= 15 is 0 Å². The number of hydrogen-bond acceptors (Lipinski definition) is 3. The highest BCUT2D eigenvalue weighted by atomic mass is 16.5. The van der Waals surface area contributed by atoms with Crippen LogP contribution in [0.2, 0.25) is 0 Å². The molecule has 0 aromatic heterocycles. The first-order valence-corrected chi connectivity index (χ1v) is 7.98. The quantitative estimate of drug-likeness (QED) is 0.908. The number of carbonyl (C=O) groups excluding carboxylic acids is 2. The molecule has 0 saturated carbocycles. The van der Waals surface area contributed by atoms with Gasteiger partial charge in [-0.25, -0.2) is 0 Å². The van der Waals surface area contributed by atoms with Crippen LogP contribution in [0, 0.1) is 6.92 Å². The van der Waals surface area contributed by atoms with Crippen molar-refractivity contribution in [2.75, 3.05) is 11.9 Å². The highest BCUT2D eigenvalue weighted by Crippen LogP contribution is 2.30. The maximum Gasteiger partial charge on any atom is 0.265 e.